The second-order valence-electron chi connectivity index (χ2n) is 15.8. The van der Waals surface area contributed by atoms with Crippen molar-refractivity contribution in [3.05, 3.63) is 0 Å². The maximum absolute atomic E-state index is 12.9. The van der Waals surface area contributed by atoms with Gasteiger partial charge in [-0.15, -0.1) is 0 Å². The molecule has 40 heavy (non-hydrogen) atoms. The van der Waals surface area contributed by atoms with Crippen molar-refractivity contribution in [2.75, 3.05) is 13.2 Å². The van der Waals surface area contributed by atoms with Gasteiger partial charge in [-0.2, -0.15) is 0 Å². The monoisotopic (exact) mass is 564 g/mol. The molecule has 1 saturated carbocycles. The summed E-state index contributed by atoms with van der Waals surface area (Å²) in [6.07, 6.45) is 8.50. The Kier molecular flexibility index (Phi) is 9.65. The van der Waals surface area contributed by atoms with E-state index in [0.29, 0.717) is 31.5 Å². The molecule has 230 valence electrons. The number of carbonyl (C=O) groups is 2. The Morgan fingerprint density at radius 1 is 0.700 bits per heavy atom. The van der Waals surface area contributed by atoms with E-state index in [-0.39, 0.29) is 58.5 Å². The molecule has 0 radical (unpaired) electrons. The van der Waals surface area contributed by atoms with Crippen LogP contribution in [0.5, 0.6) is 0 Å². The van der Waals surface area contributed by atoms with E-state index in [1.165, 1.54) is 0 Å². The molecule has 4 aliphatic rings. The highest BCUT2D eigenvalue weighted by atomic mass is 16.7. The highest BCUT2D eigenvalue weighted by Crippen LogP contribution is 2.37. The largest absolute Gasteiger partial charge is 0.462 e. The molecule has 0 atom stereocenters. The molecule has 2 N–H and O–H groups in total. The highest BCUT2D eigenvalue weighted by Gasteiger charge is 2.42. The molecule has 3 heterocycles. The van der Waals surface area contributed by atoms with Crippen molar-refractivity contribution < 1.29 is 28.5 Å². The van der Waals surface area contributed by atoms with E-state index in [1.807, 2.05) is 0 Å². The lowest BCUT2D eigenvalue weighted by molar-refractivity contribution is -0.234. The van der Waals surface area contributed by atoms with Gasteiger partial charge in [-0.3, -0.25) is 9.59 Å². The van der Waals surface area contributed by atoms with Crippen LogP contribution in [-0.2, 0) is 28.5 Å². The summed E-state index contributed by atoms with van der Waals surface area (Å²) in [7, 11) is 0. The van der Waals surface area contributed by atoms with Gasteiger partial charge < -0.3 is 29.6 Å². The number of carbonyl (C=O) groups excluding carboxylic acids is 2. The average Bonchev–Trinajstić information content (AvgIpc) is 2.79. The van der Waals surface area contributed by atoms with E-state index in [1.54, 1.807) is 0 Å². The van der Waals surface area contributed by atoms with Crippen LogP contribution in [0.1, 0.15) is 120 Å². The molecule has 0 unspecified atom stereocenters. The van der Waals surface area contributed by atoms with Crippen LogP contribution in [-0.4, -0.2) is 65.8 Å². The van der Waals surface area contributed by atoms with Crippen LogP contribution in [0.25, 0.3) is 0 Å². The molecule has 0 bridgehead atoms. The summed E-state index contributed by atoms with van der Waals surface area (Å²) < 4.78 is 24.0. The molecule has 0 aromatic rings. The zero-order valence-corrected chi connectivity index (χ0v) is 26.4. The van der Waals surface area contributed by atoms with Crippen LogP contribution in [0.15, 0.2) is 0 Å². The number of rotatable bonds is 7. The quantitative estimate of drug-likeness (QED) is 0.404. The number of piperidine rings is 2. The summed E-state index contributed by atoms with van der Waals surface area (Å²) >= 11 is 0. The van der Waals surface area contributed by atoms with Crippen LogP contribution in [0.3, 0.4) is 0 Å². The molecule has 4 rings (SSSR count). The Balaban J connectivity index is 1.13. The van der Waals surface area contributed by atoms with Crippen molar-refractivity contribution in [3.8, 4) is 0 Å². The zero-order chi connectivity index (χ0) is 29.3. The van der Waals surface area contributed by atoms with Gasteiger partial charge in [0.2, 0.25) is 0 Å². The second kappa shape index (κ2) is 12.2. The van der Waals surface area contributed by atoms with Crippen molar-refractivity contribution in [1.29, 1.82) is 0 Å². The van der Waals surface area contributed by atoms with Gasteiger partial charge in [-0.1, -0.05) is 0 Å². The molecule has 4 fully saturated rings. The van der Waals surface area contributed by atoms with E-state index in [4.69, 9.17) is 18.9 Å². The number of esters is 2. The fourth-order valence-corrected chi connectivity index (χ4v) is 8.13. The lowest BCUT2D eigenvalue weighted by Crippen LogP contribution is -2.60. The molecule has 0 amide bonds. The molecule has 3 aliphatic heterocycles. The lowest BCUT2D eigenvalue weighted by atomic mass is 9.79. The Morgan fingerprint density at radius 2 is 1.15 bits per heavy atom. The average molecular weight is 565 g/mol. The van der Waals surface area contributed by atoms with Crippen LogP contribution in [0.4, 0.5) is 0 Å². The van der Waals surface area contributed by atoms with Crippen LogP contribution >= 0.6 is 0 Å². The molecule has 0 aromatic carbocycles. The van der Waals surface area contributed by atoms with Crippen molar-refractivity contribution in [2.45, 2.75) is 160 Å². The van der Waals surface area contributed by atoms with Crippen molar-refractivity contribution in [1.82, 2.24) is 10.6 Å². The Hall–Kier alpha value is -1.22. The van der Waals surface area contributed by atoms with Gasteiger partial charge in [-0.05, 0) is 93.4 Å². The molecular formula is C32H56N2O6. The van der Waals surface area contributed by atoms with Gasteiger partial charge in [0.05, 0.1) is 13.2 Å². The summed E-state index contributed by atoms with van der Waals surface area (Å²) in [4.78, 5) is 25.5. The number of nitrogens with one attached hydrogen (secondary N) is 2. The van der Waals surface area contributed by atoms with Crippen molar-refractivity contribution in [2.24, 2.45) is 17.8 Å². The summed E-state index contributed by atoms with van der Waals surface area (Å²) in [5, 5.41) is 7.27. The maximum atomic E-state index is 12.9. The Morgan fingerprint density at radius 3 is 1.62 bits per heavy atom. The van der Waals surface area contributed by atoms with Crippen molar-refractivity contribution in [3.63, 3.8) is 0 Å². The second-order valence-corrected chi connectivity index (χ2v) is 15.8. The summed E-state index contributed by atoms with van der Waals surface area (Å²) in [5.41, 5.74) is -0.206. The van der Waals surface area contributed by atoms with Gasteiger partial charge in [0.15, 0.2) is 6.29 Å². The number of hydrogen-bond donors (Lipinski definition) is 2. The third-order valence-corrected chi connectivity index (χ3v) is 9.18. The molecule has 0 spiro atoms. The van der Waals surface area contributed by atoms with Gasteiger partial charge in [0.25, 0.3) is 0 Å². The minimum atomic E-state index is -0.365. The van der Waals surface area contributed by atoms with Gasteiger partial charge >= 0.3 is 11.9 Å². The first-order valence-corrected chi connectivity index (χ1v) is 15.7. The lowest BCUT2D eigenvalue weighted by Gasteiger charge is -2.46. The van der Waals surface area contributed by atoms with E-state index in [2.05, 4.69) is 66.0 Å². The third-order valence-electron chi connectivity index (χ3n) is 9.18. The summed E-state index contributed by atoms with van der Waals surface area (Å²) in [6.45, 7) is 18.0. The van der Waals surface area contributed by atoms with Gasteiger partial charge in [-0.25, -0.2) is 0 Å². The zero-order valence-electron chi connectivity index (χ0n) is 26.4. The molecule has 1 aliphatic carbocycles. The first-order chi connectivity index (χ1) is 18.5. The predicted octanol–water partition coefficient (Wildman–Crippen LogP) is 5.27. The van der Waals surface area contributed by atoms with Gasteiger partial charge in [0, 0.05) is 60.2 Å². The van der Waals surface area contributed by atoms with E-state index >= 15 is 0 Å². The summed E-state index contributed by atoms with van der Waals surface area (Å²) in [5.74, 6) is 0.244. The number of ether oxygens (including phenoxy) is 4. The standard InChI is InChI=1S/C32H56N2O6/c1-29(2)15-24(16-30(3,4)33-29)39-26(35)14-11-21-9-12-22(13-10-21)28-37-19-23(20-38-28)27(36)40-25-17-31(5,6)34-32(7,8)18-25/h21-25,28,33-34H,9-20H2,1-8H3. The van der Waals surface area contributed by atoms with E-state index in [0.717, 1.165) is 57.8 Å². The summed E-state index contributed by atoms with van der Waals surface area (Å²) in [6, 6.07) is 0. The Labute approximate surface area is 242 Å². The first kappa shape index (κ1) is 31.7. The molecular weight excluding hydrogens is 508 g/mol. The minimum absolute atomic E-state index is 0.0189. The fourth-order valence-electron chi connectivity index (χ4n) is 8.13. The Bertz CT molecular complexity index is 852. The first-order valence-electron chi connectivity index (χ1n) is 15.7. The smallest absolute Gasteiger partial charge is 0.313 e. The molecule has 8 nitrogen and oxygen atoms in total. The molecule has 8 heteroatoms. The van der Waals surface area contributed by atoms with E-state index in [9.17, 15) is 9.59 Å². The topological polar surface area (TPSA) is 95.1 Å². The van der Waals surface area contributed by atoms with Crippen molar-refractivity contribution >= 4 is 11.9 Å². The molecule has 3 saturated heterocycles. The van der Waals surface area contributed by atoms with Gasteiger partial charge in [0.1, 0.15) is 18.1 Å². The fraction of sp³-hybridized carbons (Fsp3) is 0.938. The van der Waals surface area contributed by atoms with Crippen LogP contribution in [0.2, 0.25) is 0 Å². The SMILES string of the molecule is CC1(C)CC(OC(=O)CCC2CCC(C3OCC(C(=O)OC4CC(C)(C)NC(C)(C)C4)CO3)CC2)CC(C)(C)N1. The highest BCUT2D eigenvalue weighted by molar-refractivity contribution is 5.73. The van der Waals surface area contributed by atoms with Crippen LogP contribution in [0, 0.1) is 17.8 Å². The maximum Gasteiger partial charge on any atom is 0.313 e. The minimum Gasteiger partial charge on any atom is -0.462 e. The van der Waals surface area contributed by atoms with Crippen LogP contribution < -0.4 is 10.6 Å². The normalized spacial score (nSPS) is 34.1. The van der Waals surface area contributed by atoms with E-state index < -0.39 is 0 Å². The number of hydrogen-bond acceptors (Lipinski definition) is 8. The third kappa shape index (κ3) is 9.14. The molecule has 0 aromatic heterocycles. The predicted molar refractivity (Wildman–Crippen MR) is 155 cm³/mol.